The van der Waals surface area contributed by atoms with Gasteiger partial charge in [-0.25, -0.2) is 0 Å². The van der Waals surface area contributed by atoms with E-state index < -0.39 is 0 Å². The Morgan fingerprint density at radius 1 is 0.267 bits per heavy atom. The Morgan fingerprint density at radius 3 is 0.617 bits per heavy atom. The van der Waals surface area contributed by atoms with Gasteiger partial charge in [0.1, 0.15) is 0 Å². The highest BCUT2D eigenvalue weighted by atomic mass is 32.1. The number of rotatable bonds is 36. The smallest absolute Gasteiger partial charge is 0.161 e. The summed E-state index contributed by atoms with van der Waals surface area (Å²) in [4.78, 5) is 0. The molecule has 0 aliphatic heterocycles. The standard InChI is InChI=1S/C52H80O6S2/c1-5-9-13-19-27-53-47-35-41-42-36-48(54-28-20-14-10-6-2)50(56-30-22-16-12-8-4)38-44(42)46-40-52(58-32-24-18-26-34-60)51(57-31-23-17-25-33-59)39-45(46)43(41)37-49(47)55-29-21-15-11-7-3/h35-40,59-60H,5-34H2,1-4H3. The van der Waals surface area contributed by atoms with Crippen LogP contribution in [-0.2, 0) is 0 Å². The van der Waals surface area contributed by atoms with Crippen LogP contribution in [-0.4, -0.2) is 51.1 Å². The first kappa shape index (κ1) is 49.8. The quantitative estimate of drug-likeness (QED) is 0.0270. The zero-order chi connectivity index (χ0) is 42.6. The Hall–Kier alpha value is -2.84. The summed E-state index contributed by atoms with van der Waals surface area (Å²) >= 11 is 8.86. The van der Waals surface area contributed by atoms with Crippen molar-refractivity contribution in [1.29, 1.82) is 0 Å². The molecule has 0 N–H and O–H groups in total. The number of benzene rings is 4. The topological polar surface area (TPSA) is 55.4 Å². The van der Waals surface area contributed by atoms with E-state index in [9.17, 15) is 0 Å². The molecule has 8 heteroatoms. The summed E-state index contributed by atoms with van der Waals surface area (Å²) in [5.41, 5.74) is 0. The molecule has 0 aromatic heterocycles. The number of fused-ring (bicyclic) bond motifs is 6. The third-order valence-electron chi connectivity index (χ3n) is 11.3. The van der Waals surface area contributed by atoms with Gasteiger partial charge in [-0.3, -0.25) is 0 Å². The third kappa shape index (κ3) is 16.5. The molecule has 0 unspecified atom stereocenters. The van der Waals surface area contributed by atoms with Gasteiger partial charge < -0.3 is 28.4 Å². The molecule has 0 atom stereocenters. The monoisotopic (exact) mass is 865 g/mol. The summed E-state index contributed by atoms with van der Waals surface area (Å²) in [6.07, 6.45) is 24.5. The lowest BCUT2D eigenvalue weighted by atomic mass is 9.93. The normalized spacial score (nSPS) is 11.5. The van der Waals surface area contributed by atoms with Crippen molar-refractivity contribution in [2.45, 2.75) is 169 Å². The van der Waals surface area contributed by atoms with Crippen LogP contribution in [0.25, 0.3) is 32.3 Å². The highest BCUT2D eigenvalue weighted by molar-refractivity contribution is 7.80. The molecule has 0 heterocycles. The Morgan fingerprint density at radius 2 is 0.450 bits per heavy atom. The average Bonchev–Trinajstić information content (AvgIpc) is 3.26. The van der Waals surface area contributed by atoms with Crippen LogP contribution < -0.4 is 28.4 Å². The van der Waals surface area contributed by atoms with E-state index in [0.29, 0.717) is 39.6 Å². The lowest BCUT2D eigenvalue weighted by Crippen LogP contribution is -2.05. The van der Waals surface area contributed by atoms with Crippen LogP contribution in [0.5, 0.6) is 34.5 Å². The molecule has 0 saturated heterocycles. The van der Waals surface area contributed by atoms with Crippen LogP contribution in [0.15, 0.2) is 36.4 Å². The van der Waals surface area contributed by atoms with E-state index in [1.54, 1.807) is 0 Å². The van der Waals surface area contributed by atoms with Crippen molar-refractivity contribution in [1.82, 2.24) is 0 Å². The van der Waals surface area contributed by atoms with Crippen molar-refractivity contribution < 1.29 is 28.4 Å². The minimum absolute atomic E-state index is 0.623. The third-order valence-corrected chi connectivity index (χ3v) is 11.9. The minimum Gasteiger partial charge on any atom is -0.490 e. The predicted molar refractivity (Wildman–Crippen MR) is 264 cm³/mol. The fraction of sp³-hybridized carbons (Fsp3) is 0.654. The zero-order valence-electron chi connectivity index (χ0n) is 38.0. The van der Waals surface area contributed by atoms with Crippen molar-refractivity contribution in [2.75, 3.05) is 51.1 Å². The van der Waals surface area contributed by atoms with Crippen LogP contribution in [0.4, 0.5) is 0 Å². The SMILES string of the molecule is CCCCCCOc1cc2c3cc(OCCCCCC)c(OCCCCCC)cc3c3cc(OCCCCCS)c(OCCCCCS)cc3c2cc1OCCCCCC. The van der Waals surface area contributed by atoms with Crippen molar-refractivity contribution >= 4 is 57.6 Å². The van der Waals surface area contributed by atoms with Gasteiger partial charge in [-0.15, -0.1) is 0 Å². The van der Waals surface area contributed by atoms with E-state index in [0.717, 1.165) is 168 Å². The molecule has 0 fully saturated rings. The molecule has 4 aromatic carbocycles. The van der Waals surface area contributed by atoms with Crippen LogP contribution in [0.2, 0.25) is 0 Å². The number of hydrogen-bond acceptors (Lipinski definition) is 8. The van der Waals surface area contributed by atoms with E-state index in [4.69, 9.17) is 28.4 Å². The Bertz CT molecular complexity index is 1420. The summed E-state index contributed by atoms with van der Waals surface area (Å²) in [7, 11) is 0. The van der Waals surface area contributed by atoms with E-state index in [-0.39, 0.29) is 0 Å². The molecule has 60 heavy (non-hydrogen) atoms. The van der Waals surface area contributed by atoms with E-state index in [1.807, 2.05) is 0 Å². The zero-order valence-corrected chi connectivity index (χ0v) is 39.8. The highest BCUT2D eigenvalue weighted by Gasteiger charge is 2.21. The summed E-state index contributed by atoms with van der Waals surface area (Å²) < 4.78 is 39.8. The summed E-state index contributed by atoms with van der Waals surface area (Å²) in [6.45, 7) is 12.9. The van der Waals surface area contributed by atoms with Gasteiger partial charge in [-0.05, 0) is 144 Å². The first-order valence-electron chi connectivity index (χ1n) is 24.1. The van der Waals surface area contributed by atoms with Crippen LogP contribution in [0.3, 0.4) is 0 Å². The van der Waals surface area contributed by atoms with Crippen molar-refractivity contribution in [3.8, 4) is 34.5 Å². The molecular formula is C52H80O6S2. The molecule has 0 amide bonds. The molecule has 0 aliphatic carbocycles. The molecule has 0 radical (unpaired) electrons. The fourth-order valence-corrected chi connectivity index (χ4v) is 8.13. The van der Waals surface area contributed by atoms with Crippen LogP contribution >= 0.6 is 25.3 Å². The number of ether oxygens (including phenoxy) is 6. The molecular weight excluding hydrogens is 785 g/mol. The van der Waals surface area contributed by atoms with Gasteiger partial charge in [-0.2, -0.15) is 25.3 Å². The summed E-state index contributed by atoms with van der Waals surface area (Å²) in [5, 5.41) is 6.59. The molecule has 6 nitrogen and oxygen atoms in total. The highest BCUT2D eigenvalue weighted by Crippen LogP contribution is 2.47. The van der Waals surface area contributed by atoms with Crippen LogP contribution in [0, 0.1) is 0 Å². The van der Waals surface area contributed by atoms with Crippen molar-refractivity contribution in [2.24, 2.45) is 0 Å². The van der Waals surface area contributed by atoms with E-state index >= 15 is 0 Å². The maximum atomic E-state index is 6.64. The number of thiol groups is 2. The van der Waals surface area contributed by atoms with Crippen molar-refractivity contribution in [3.05, 3.63) is 36.4 Å². The van der Waals surface area contributed by atoms with E-state index in [2.05, 4.69) is 89.4 Å². The van der Waals surface area contributed by atoms with Gasteiger partial charge >= 0.3 is 0 Å². The van der Waals surface area contributed by atoms with E-state index in [1.165, 1.54) is 51.4 Å². The molecule has 0 aliphatic rings. The second-order valence-corrected chi connectivity index (χ2v) is 17.3. The Labute approximate surface area is 375 Å². The number of unbranched alkanes of at least 4 members (excludes halogenated alkanes) is 16. The lowest BCUT2D eigenvalue weighted by Gasteiger charge is -2.21. The first-order chi connectivity index (χ1) is 29.6. The fourth-order valence-electron chi connectivity index (χ4n) is 7.68. The maximum absolute atomic E-state index is 6.64. The second kappa shape index (κ2) is 30.2. The maximum Gasteiger partial charge on any atom is 0.161 e. The Balaban J connectivity index is 1.95. The second-order valence-electron chi connectivity index (χ2n) is 16.4. The number of hydrogen-bond donors (Lipinski definition) is 2. The van der Waals surface area contributed by atoms with Gasteiger partial charge in [-0.1, -0.05) is 105 Å². The molecule has 0 spiro atoms. The van der Waals surface area contributed by atoms with Gasteiger partial charge in [0.15, 0.2) is 34.5 Å². The molecule has 4 rings (SSSR count). The Kier molecular flexibility index (Phi) is 25.1. The summed E-state index contributed by atoms with van der Waals surface area (Å²) in [5.74, 6) is 6.53. The lowest BCUT2D eigenvalue weighted by molar-refractivity contribution is 0.259. The molecule has 0 bridgehead atoms. The molecule has 4 aromatic rings. The van der Waals surface area contributed by atoms with Gasteiger partial charge in [0.2, 0.25) is 0 Å². The predicted octanol–water partition coefficient (Wildman–Crippen LogP) is 15.9. The largest absolute Gasteiger partial charge is 0.490 e. The molecule has 336 valence electrons. The summed E-state index contributed by atoms with van der Waals surface area (Å²) in [6, 6.07) is 13.3. The van der Waals surface area contributed by atoms with Gasteiger partial charge in [0.05, 0.1) is 39.6 Å². The van der Waals surface area contributed by atoms with Crippen LogP contribution in [0.1, 0.15) is 169 Å². The van der Waals surface area contributed by atoms with Gasteiger partial charge in [0.25, 0.3) is 0 Å². The van der Waals surface area contributed by atoms with Gasteiger partial charge in [0, 0.05) is 0 Å². The molecule has 0 saturated carbocycles. The van der Waals surface area contributed by atoms with Crippen molar-refractivity contribution in [3.63, 3.8) is 0 Å². The minimum atomic E-state index is 0.623. The average molecular weight is 865 g/mol. The first-order valence-corrected chi connectivity index (χ1v) is 25.4.